The quantitative estimate of drug-likeness (QED) is 0.639. The van der Waals surface area contributed by atoms with Gasteiger partial charge in [0.2, 0.25) is 0 Å². The van der Waals surface area contributed by atoms with Crippen molar-refractivity contribution in [1.82, 2.24) is 0 Å². The van der Waals surface area contributed by atoms with Gasteiger partial charge < -0.3 is 2.85 Å². The van der Waals surface area contributed by atoms with E-state index in [1.54, 1.807) is 0 Å². The van der Waals surface area contributed by atoms with E-state index in [2.05, 4.69) is 53.5 Å². The molecule has 1 aliphatic rings. The third-order valence-electron chi connectivity index (χ3n) is 2.90. The van der Waals surface area contributed by atoms with Gasteiger partial charge in [-0.25, -0.2) is 0 Å². The van der Waals surface area contributed by atoms with Gasteiger partial charge in [-0.05, 0) is 0 Å². The van der Waals surface area contributed by atoms with Gasteiger partial charge in [0.25, 0.3) is 0 Å². The molecule has 1 rings (SSSR count). The van der Waals surface area contributed by atoms with Crippen LogP contribution >= 0.6 is 0 Å². The fourth-order valence-corrected chi connectivity index (χ4v) is 2.43. The summed E-state index contributed by atoms with van der Waals surface area (Å²) in [5.41, 5.74) is 4.83. The summed E-state index contributed by atoms with van der Waals surface area (Å²) in [6.07, 6.45) is 0. The molecule has 0 amide bonds. The summed E-state index contributed by atoms with van der Waals surface area (Å²) in [7, 11) is 0. The average Bonchev–Trinajstić information content (AvgIpc) is 2.06. The number of allylic oxidation sites excluding steroid dienone is 4. The summed E-state index contributed by atoms with van der Waals surface area (Å²) in [6, 6.07) is 0. The Morgan fingerprint density at radius 2 is 1.55 bits per heavy atom. The van der Waals surface area contributed by atoms with E-state index >= 15 is 0 Å². The normalized spacial score (nSPS) is 23.5. The maximum atomic E-state index is 2.30. The van der Waals surface area contributed by atoms with Crippen molar-refractivity contribution in [3.63, 3.8) is 0 Å². The van der Waals surface area contributed by atoms with E-state index in [1.165, 1.54) is 20.8 Å². The van der Waals surface area contributed by atoms with Crippen molar-refractivity contribution in [2.75, 3.05) is 0 Å². The predicted octanol–water partition coefficient (Wildman–Crippen LogP) is 3.41. The molecule has 1 aliphatic carbocycles. The van der Waals surface area contributed by atoms with Crippen molar-refractivity contribution in [2.24, 2.45) is 5.41 Å². The molecule has 0 fully saturated rings. The van der Waals surface area contributed by atoms with Gasteiger partial charge in [0.15, 0.2) is 0 Å². The van der Waals surface area contributed by atoms with Crippen LogP contribution in [-0.4, -0.2) is 0 Å². The van der Waals surface area contributed by atoms with Crippen LogP contribution in [0, 0.1) is 5.41 Å². The molecular weight excluding hydrogens is 312 g/mol. The Balaban J connectivity index is 0. The number of hydrogen-bond acceptors (Lipinski definition) is 0. The zero-order valence-corrected chi connectivity index (χ0v) is 10.2. The van der Waals surface area contributed by atoms with Crippen LogP contribution in [0.3, 0.4) is 0 Å². The Bertz CT molecular complexity index is 236. The molecule has 0 saturated carbocycles. The molecule has 0 unspecified atom stereocenters. The standard InChI is InChI=1S/C10H15.Ir.2H/c1-7-6-10(4,5)9(3)8(7)2;;;/h1-5H3;;;/q;;2*-1. The van der Waals surface area contributed by atoms with Crippen molar-refractivity contribution in [2.45, 2.75) is 34.6 Å². The number of hydrogen-bond donors (Lipinski definition) is 0. The van der Waals surface area contributed by atoms with Gasteiger partial charge in [-0.1, -0.05) is 0 Å². The summed E-state index contributed by atoms with van der Waals surface area (Å²) in [5.74, 6) is 0. The van der Waals surface area contributed by atoms with E-state index in [0.29, 0.717) is 5.41 Å². The van der Waals surface area contributed by atoms with Crippen molar-refractivity contribution in [3.8, 4) is 0 Å². The summed E-state index contributed by atoms with van der Waals surface area (Å²) < 4.78 is 1.53. The van der Waals surface area contributed by atoms with E-state index in [4.69, 9.17) is 0 Å². The molecule has 0 N–H and O–H groups in total. The van der Waals surface area contributed by atoms with Crippen LogP contribution in [0.25, 0.3) is 0 Å². The largest absolute Gasteiger partial charge is 1.00 e. The van der Waals surface area contributed by atoms with Crippen molar-refractivity contribution < 1.29 is 21.8 Å². The zero-order valence-electron chi connectivity index (χ0n) is 9.83. The van der Waals surface area contributed by atoms with E-state index in [1.807, 2.05) is 0 Å². The summed E-state index contributed by atoms with van der Waals surface area (Å²) in [4.78, 5) is 0. The number of rotatable bonds is 0. The topological polar surface area (TPSA) is 0 Å². The molecular formula is C10H17Ir-2. The SMILES string of the molecule is CC1=C(C)C(C)(C)[C]([Ir])=C1C.[H-].[H-]. The monoisotopic (exact) mass is 330 g/mol. The molecule has 0 heterocycles. The summed E-state index contributed by atoms with van der Waals surface area (Å²) in [5, 5.41) is 0. The van der Waals surface area contributed by atoms with Gasteiger partial charge in [0.05, 0.1) is 0 Å². The summed E-state index contributed by atoms with van der Waals surface area (Å²) >= 11 is 2.25. The molecule has 0 aliphatic heterocycles. The first-order chi connectivity index (χ1) is 4.89. The Morgan fingerprint density at radius 1 is 1.09 bits per heavy atom. The van der Waals surface area contributed by atoms with Crippen LogP contribution in [-0.2, 0) is 18.9 Å². The average molecular weight is 329 g/mol. The van der Waals surface area contributed by atoms with Gasteiger partial charge in [-0.3, -0.25) is 0 Å². The molecule has 11 heavy (non-hydrogen) atoms. The second-order valence-corrected chi connectivity index (χ2v) is 4.99. The van der Waals surface area contributed by atoms with Gasteiger partial charge in [0.1, 0.15) is 0 Å². The second-order valence-electron chi connectivity index (χ2n) is 3.79. The zero-order chi connectivity index (χ0) is 8.81. The minimum atomic E-state index is 0. The van der Waals surface area contributed by atoms with Gasteiger partial charge in [-0.15, -0.1) is 0 Å². The Kier molecular flexibility index (Phi) is 2.15. The van der Waals surface area contributed by atoms with E-state index in [0.717, 1.165) is 0 Å². The first kappa shape index (κ1) is 9.22. The Hall–Kier alpha value is 0.129. The van der Waals surface area contributed by atoms with Gasteiger partial charge >= 0.3 is 79.7 Å². The van der Waals surface area contributed by atoms with Gasteiger partial charge in [0, 0.05) is 0 Å². The van der Waals surface area contributed by atoms with E-state index in [-0.39, 0.29) is 2.85 Å². The summed E-state index contributed by atoms with van der Waals surface area (Å²) in [6.45, 7) is 11.3. The maximum absolute atomic E-state index is 2.30. The Labute approximate surface area is 82.9 Å². The van der Waals surface area contributed by atoms with Crippen LogP contribution in [0.4, 0.5) is 0 Å². The molecule has 0 aromatic heterocycles. The molecule has 0 saturated heterocycles. The van der Waals surface area contributed by atoms with Gasteiger partial charge in [-0.2, -0.15) is 0 Å². The van der Waals surface area contributed by atoms with Crippen LogP contribution in [0.15, 0.2) is 20.8 Å². The van der Waals surface area contributed by atoms with Crippen molar-refractivity contribution in [3.05, 3.63) is 20.8 Å². The molecule has 0 spiro atoms. The first-order valence-corrected chi connectivity index (χ1v) is 5.11. The third kappa shape index (κ3) is 1.15. The van der Waals surface area contributed by atoms with Crippen LogP contribution in [0.1, 0.15) is 37.5 Å². The molecule has 0 aromatic rings. The van der Waals surface area contributed by atoms with Crippen LogP contribution in [0.2, 0.25) is 0 Å². The fraction of sp³-hybridized carbons (Fsp3) is 0.600. The molecule has 0 nitrogen and oxygen atoms in total. The first-order valence-electron chi connectivity index (χ1n) is 3.92. The fourth-order valence-electron chi connectivity index (χ4n) is 1.53. The third-order valence-corrected chi connectivity index (χ3v) is 5.29. The molecule has 0 radical (unpaired) electrons. The molecule has 0 aromatic carbocycles. The maximum Gasteiger partial charge on any atom is -1.00 e. The smallest absolute Gasteiger partial charge is 1.00 e. The second kappa shape index (κ2) is 2.57. The minimum absolute atomic E-state index is 0. The van der Waals surface area contributed by atoms with Crippen LogP contribution in [0.5, 0.6) is 0 Å². The Morgan fingerprint density at radius 3 is 1.64 bits per heavy atom. The van der Waals surface area contributed by atoms with Crippen LogP contribution < -0.4 is 0 Å². The van der Waals surface area contributed by atoms with E-state index < -0.39 is 0 Å². The predicted molar refractivity (Wildman–Crippen MR) is 47.1 cm³/mol. The van der Waals surface area contributed by atoms with Crippen molar-refractivity contribution in [1.29, 1.82) is 0 Å². The molecule has 1 heteroatoms. The van der Waals surface area contributed by atoms with E-state index in [9.17, 15) is 0 Å². The van der Waals surface area contributed by atoms with Crippen molar-refractivity contribution >= 4 is 0 Å². The molecule has 68 valence electrons. The molecule has 0 bridgehead atoms. The molecule has 0 atom stereocenters. The minimum Gasteiger partial charge on any atom is -1.00 e.